The zero-order chi connectivity index (χ0) is 17.9. The molecule has 0 atom stereocenters. The summed E-state index contributed by atoms with van der Waals surface area (Å²) < 4.78 is 0. The Labute approximate surface area is 197 Å². The van der Waals surface area contributed by atoms with Crippen LogP contribution in [0.1, 0.15) is 81.8 Å². The minimum Gasteiger partial charge on any atom is -1.00 e. The Morgan fingerprint density at radius 3 is 1.96 bits per heavy atom. The first-order valence-corrected chi connectivity index (χ1v) is 9.33. The van der Waals surface area contributed by atoms with Gasteiger partial charge in [-0.05, 0) is 75.1 Å². The standard InChI is InChI=1S/C24H32.2ClH.Zr/c1-9-18-20-14-16-13-17(23(3,4)5)10-11-19(16)22(20)15(2)12-21(18)24(6,7)8;;;/h10-13H,9,14H2,1-8H3;2*1H;/q;;;+2/p-2. The molecule has 0 aliphatic heterocycles. The molecular weight excluding hydrogens is 450 g/mol. The number of rotatable bonds is 1. The van der Waals surface area contributed by atoms with Crippen LogP contribution in [-0.4, -0.2) is 0 Å². The van der Waals surface area contributed by atoms with Crippen LogP contribution in [-0.2, 0) is 49.9 Å². The fourth-order valence-corrected chi connectivity index (χ4v) is 4.21. The number of fused-ring (bicyclic) bond motifs is 3. The summed E-state index contributed by atoms with van der Waals surface area (Å²) in [6.45, 7) is 18.5. The maximum atomic E-state index is 2.45. The molecule has 0 fully saturated rings. The monoisotopic (exact) mass is 480 g/mol. The van der Waals surface area contributed by atoms with Gasteiger partial charge in [0, 0.05) is 0 Å². The number of benzene rings is 2. The molecule has 3 rings (SSSR count). The summed E-state index contributed by atoms with van der Waals surface area (Å²) in [5.41, 5.74) is 12.5. The first kappa shape index (κ1) is 26.9. The maximum absolute atomic E-state index is 2.45. The van der Waals surface area contributed by atoms with Gasteiger partial charge in [-0.3, -0.25) is 0 Å². The van der Waals surface area contributed by atoms with Gasteiger partial charge in [0.25, 0.3) is 0 Å². The van der Waals surface area contributed by atoms with Crippen molar-refractivity contribution in [1.29, 1.82) is 0 Å². The molecule has 27 heavy (non-hydrogen) atoms. The summed E-state index contributed by atoms with van der Waals surface area (Å²) in [5.74, 6) is 0. The summed E-state index contributed by atoms with van der Waals surface area (Å²) in [6, 6.07) is 9.59. The summed E-state index contributed by atoms with van der Waals surface area (Å²) in [4.78, 5) is 0. The second-order valence-electron chi connectivity index (χ2n) is 9.48. The zero-order valence-electron chi connectivity index (χ0n) is 18.0. The Hall–Kier alpha value is -0.0969. The number of hydrogen-bond acceptors (Lipinski definition) is 0. The van der Waals surface area contributed by atoms with E-state index in [1.807, 2.05) is 0 Å². The Kier molecular flexibility index (Phi) is 9.12. The molecule has 3 heteroatoms. The molecular formula is C24H32Cl2Zr. The van der Waals surface area contributed by atoms with Crippen molar-refractivity contribution in [3.05, 3.63) is 57.6 Å². The minimum absolute atomic E-state index is 0. The summed E-state index contributed by atoms with van der Waals surface area (Å²) >= 11 is 0. The minimum atomic E-state index is 0. The summed E-state index contributed by atoms with van der Waals surface area (Å²) in [7, 11) is 0. The van der Waals surface area contributed by atoms with Crippen LogP contribution in [0.15, 0.2) is 24.3 Å². The van der Waals surface area contributed by atoms with Gasteiger partial charge in [0.2, 0.25) is 0 Å². The van der Waals surface area contributed by atoms with E-state index < -0.39 is 0 Å². The molecule has 0 aromatic heterocycles. The molecule has 0 bridgehead atoms. The molecule has 2 aromatic rings. The molecule has 0 heterocycles. The van der Waals surface area contributed by atoms with E-state index >= 15 is 0 Å². The van der Waals surface area contributed by atoms with Crippen molar-refractivity contribution in [2.24, 2.45) is 0 Å². The van der Waals surface area contributed by atoms with E-state index in [9.17, 15) is 0 Å². The average Bonchev–Trinajstić information content (AvgIpc) is 2.84. The topological polar surface area (TPSA) is 0 Å². The third kappa shape index (κ3) is 4.91. The first-order chi connectivity index (χ1) is 11.0. The zero-order valence-corrected chi connectivity index (χ0v) is 21.9. The predicted octanol–water partition coefficient (Wildman–Crippen LogP) is 0.729. The van der Waals surface area contributed by atoms with E-state index in [1.165, 1.54) is 33.4 Å². The van der Waals surface area contributed by atoms with E-state index in [-0.39, 0.29) is 61.8 Å². The van der Waals surface area contributed by atoms with Gasteiger partial charge in [0.1, 0.15) is 0 Å². The number of aryl methyl sites for hydroxylation is 1. The van der Waals surface area contributed by atoms with Gasteiger partial charge >= 0.3 is 26.2 Å². The van der Waals surface area contributed by atoms with Crippen LogP contribution in [0.3, 0.4) is 0 Å². The normalized spacial score (nSPS) is 12.3. The van der Waals surface area contributed by atoms with Crippen LogP contribution in [0.2, 0.25) is 0 Å². The van der Waals surface area contributed by atoms with E-state index in [4.69, 9.17) is 0 Å². The SMILES string of the molecule is CCc1c(C(C)(C)C)cc(C)c2c1Cc1cc(C(C)(C)C)ccc1-2.[Cl-].[Cl-].[Zr+2]. The fraction of sp³-hybridized carbons (Fsp3) is 0.500. The van der Waals surface area contributed by atoms with Crippen LogP contribution >= 0.6 is 0 Å². The van der Waals surface area contributed by atoms with E-state index in [0.717, 1.165) is 12.8 Å². The molecule has 0 radical (unpaired) electrons. The van der Waals surface area contributed by atoms with Crippen LogP contribution in [0.5, 0.6) is 0 Å². The quantitative estimate of drug-likeness (QED) is 0.480. The number of hydrogen-bond donors (Lipinski definition) is 0. The van der Waals surface area contributed by atoms with Gasteiger partial charge in [0.15, 0.2) is 0 Å². The van der Waals surface area contributed by atoms with Gasteiger partial charge in [-0.15, -0.1) is 0 Å². The molecule has 0 unspecified atom stereocenters. The van der Waals surface area contributed by atoms with Gasteiger partial charge in [-0.1, -0.05) is 72.7 Å². The summed E-state index contributed by atoms with van der Waals surface area (Å²) in [6.07, 6.45) is 2.22. The number of halogens is 2. The van der Waals surface area contributed by atoms with E-state index in [1.54, 1.807) is 11.1 Å². The van der Waals surface area contributed by atoms with Gasteiger partial charge < -0.3 is 24.8 Å². The van der Waals surface area contributed by atoms with Gasteiger partial charge in [-0.25, -0.2) is 0 Å². The summed E-state index contributed by atoms with van der Waals surface area (Å²) in [5, 5.41) is 0. The molecule has 0 saturated heterocycles. The van der Waals surface area contributed by atoms with Crippen LogP contribution in [0, 0.1) is 6.92 Å². The predicted molar refractivity (Wildman–Crippen MR) is 106 cm³/mol. The van der Waals surface area contributed by atoms with Crippen molar-refractivity contribution < 1.29 is 51.0 Å². The molecule has 0 nitrogen and oxygen atoms in total. The Bertz CT molecular complexity index is 809. The van der Waals surface area contributed by atoms with E-state index in [0.29, 0.717) is 0 Å². The van der Waals surface area contributed by atoms with Gasteiger partial charge in [-0.2, -0.15) is 0 Å². The Balaban J connectivity index is 0.00000225. The molecule has 0 spiro atoms. The largest absolute Gasteiger partial charge is 2.00 e. The molecule has 0 amide bonds. The van der Waals surface area contributed by atoms with Crippen molar-refractivity contribution in [2.45, 2.75) is 79.1 Å². The second-order valence-corrected chi connectivity index (χ2v) is 9.48. The molecule has 0 N–H and O–H groups in total. The van der Waals surface area contributed by atoms with E-state index in [2.05, 4.69) is 79.7 Å². The second kappa shape index (κ2) is 9.15. The Morgan fingerprint density at radius 2 is 1.48 bits per heavy atom. The third-order valence-corrected chi connectivity index (χ3v) is 5.52. The smallest absolute Gasteiger partial charge is 1.00 e. The Morgan fingerprint density at radius 1 is 0.889 bits per heavy atom. The first-order valence-electron chi connectivity index (χ1n) is 9.33. The average molecular weight is 483 g/mol. The fourth-order valence-electron chi connectivity index (χ4n) is 4.21. The molecule has 0 saturated carbocycles. The van der Waals surface area contributed by atoms with Crippen LogP contribution in [0.25, 0.3) is 11.1 Å². The molecule has 2 aromatic carbocycles. The maximum Gasteiger partial charge on any atom is 2.00 e. The molecule has 1 aliphatic rings. The van der Waals surface area contributed by atoms with Crippen LogP contribution < -0.4 is 24.8 Å². The van der Waals surface area contributed by atoms with Crippen molar-refractivity contribution >= 4 is 0 Å². The van der Waals surface area contributed by atoms with Crippen molar-refractivity contribution in [3.8, 4) is 11.1 Å². The van der Waals surface area contributed by atoms with Crippen LogP contribution in [0.4, 0.5) is 0 Å². The van der Waals surface area contributed by atoms with Crippen molar-refractivity contribution in [2.75, 3.05) is 0 Å². The van der Waals surface area contributed by atoms with Crippen molar-refractivity contribution in [3.63, 3.8) is 0 Å². The van der Waals surface area contributed by atoms with Gasteiger partial charge in [0.05, 0.1) is 0 Å². The third-order valence-electron chi connectivity index (χ3n) is 5.52. The van der Waals surface area contributed by atoms with Crippen molar-refractivity contribution in [1.82, 2.24) is 0 Å². The molecule has 1 aliphatic carbocycles. The molecule has 146 valence electrons.